The molecule has 0 aliphatic rings. The second-order valence-corrected chi connectivity index (χ2v) is 4.18. The molecule has 2 heterocycles. The Kier molecular flexibility index (Phi) is 1.98. The topological polar surface area (TPSA) is 74.7 Å². The predicted molar refractivity (Wildman–Crippen MR) is 70.2 cm³/mol. The van der Waals surface area contributed by atoms with Crippen LogP contribution in [0.25, 0.3) is 21.8 Å². The standard InChI is InChI=1S/C13H13N3O/c1-2-10-13-9(6-12(14)15-10)8-4-3-7(17)5-11(8)16-13/h3-6,15-16H,2,14H2,1H3. The average Bonchev–Trinajstić information content (AvgIpc) is 2.65. The summed E-state index contributed by atoms with van der Waals surface area (Å²) in [6.45, 7) is 2.06. The van der Waals surface area contributed by atoms with Crippen LogP contribution in [-0.2, 0) is 6.42 Å². The Hall–Kier alpha value is -2.23. The summed E-state index contributed by atoms with van der Waals surface area (Å²) in [6.07, 6.45) is 0.860. The van der Waals surface area contributed by atoms with Crippen molar-refractivity contribution in [2.45, 2.75) is 13.3 Å². The number of nitrogens with one attached hydrogen (secondary N) is 2. The molecule has 0 bridgehead atoms. The van der Waals surface area contributed by atoms with Gasteiger partial charge in [-0.2, -0.15) is 0 Å². The first-order valence-electron chi connectivity index (χ1n) is 5.62. The van der Waals surface area contributed by atoms with E-state index in [1.54, 1.807) is 12.1 Å². The Balaban J connectivity index is 2.55. The highest BCUT2D eigenvalue weighted by Gasteiger charge is 2.08. The molecule has 3 rings (SSSR count). The smallest absolute Gasteiger partial charge is 0.180 e. The second kappa shape index (κ2) is 3.38. The molecule has 17 heavy (non-hydrogen) atoms. The molecule has 0 aliphatic heterocycles. The molecule has 4 heteroatoms. The number of nitrogens with two attached hydrogens (primary N) is 1. The molecular formula is C13H13N3O. The van der Waals surface area contributed by atoms with Crippen LogP contribution in [0.3, 0.4) is 0 Å². The van der Waals surface area contributed by atoms with Crippen molar-refractivity contribution < 1.29 is 0 Å². The molecule has 0 fully saturated rings. The van der Waals surface area contributed by atoms with Gasteiger partial charge in [0, 0.05) is 22.5 Å². The molecule has 0 spiro atoms. The molecule has 4 N–H and O–H groups in total. The summed E-state index contributed by atoms with van der Waals surface area (Å²) in [5.74, 6) is 0.640. The number of benzene rings is 1. The molecule has 0 atom stereocenters. The van der Waals surface area contributed by atoms with Crippen LogP contribution in [0.5, 0.6) is 0 Å². The summed E-state index contributed by atoms with van der Waals surface area (Å²) in [6, 6.07) is 6.94. The third kappa shape index (κ3) is 1.41. The zero-order valence-electron chi connectivity index (χ0n) is 9.50. The number of pyridine rings is 1. The Bertz CT molecular complexity index is 767. The van der Waals surface area contributed by atoms with Crippen molar-refractivity contribution >= 4 is 27.6 Å². The van der Waals surface area contributed by atoms with Crippen molar-refractivity contribution in [1.82, 2.24) is 9.97 Å². The van der Waals surface area contributed by atoms with E-state index < -0.39 is 0 Å². The lowest BCUT2D eigenvalue weighted by atomic mass is 10.1. The minimum Gasteiger partial charge on any atom is -0.385 e. The molecule has 0 radical (unpaired) electrons. The fraction of sp³-hybridized carbons (Fsp3) is 0.154. The maximum atomic E-state index is 11.3. The molecular weight excluding hydrogens is 214 g/mol. The van der Waals surface area contributed by atoms with Crippen molar-refractivity contribution in [3.8, 4) is 0 Å². The van der Waals surface area contributed by atoms with Gasteiger partial charge in [-0.1, -0.05) is 6.92 Å². The number of aromatic nitrogens is 2. The van der Waals surface area contributed by atoms with E-state index >= 15 is 0 Å². The van der Waals surface area contributed by atoms with Gasteiger partial charge in [-0.15, -0.1) is 0 Å². The Morgan fingerprint density at radius 3 is 2.76 bits per heavy atom. The number of H-pyrrole nitrogens is 2. The maximum absolute atomic E-state index is 11.3. The minimum atomic E-state index is 0.0130. The first kappa shape index (κ1) is 9.96. The number of hydrogen-bond donors (Lipinski definition) is 3. The van der Waals surface area contributed by atoms with E-state index in [9.17, 15) is 4.79 Å². The molecule has 0 amide bonds. The maximum Gasteiger partial charge on any atom is 0.180 e. The molecule has 0 saturated carbocycles. The van der Waals surface area contributed by atoms with Crippen LogP contribution in [-0.4, -0.2) is 9.97 Å². The van der Waals surface area contributed by atoms with E-state index in [-0.39, 0.29) is 5.43 Å². The quantitative estimate of drug-likeness (QED) is 0.596. The van der Waals surface area contributed by atoms with Gasteiger partial charge in [0.15, 0.2) is 5.43 Å². The van der Waals surface area contributed by atoms with Crippen LogP contribution >= 0.6 is 0 Å². The van der Waals surface area contributed by atoms with Gasteiger partial charge in [-0.05, 0) is 24.6 Å². The summed E-state index contributed by atoms with van der Waals surface area (Å²) in [5.41, 5.74) is 8.81. The predicted octanol–water partition coefficient (Wildman–Crippen LogP) is 2.15. The average molecular weight is 227 g/mol. The molecule has 2 aromatic heterocycles. The van der Waals surface area contributed by atoms with Crippen LogP contribution in [0, 0.1) is 0 Å². The van der Waals surface area contributed by atoms with Crippen molar-refractivity contribution in [3.05, 3.63) is 40.2 Å². The van der Waals surface area contributed by atoms with Gasteiger partial charge in [-0.25, -0.2) is 0 Å². The SMILES string of the molecule is CCc1[nH]c(N)cc2c1[nH]c1cc(=O)ccc12. The number of hydrogen-bond acceptors (Lipinski definition) is 2. The molecule has 0 unspecified atom stereocenters. The van der Waals surface area contributed by atoms with Crippen LogP contribution in [0.15, 0.2) is 29.1 Å². The van der Waals surface area contributed by atoms with Crippen LogP contribution < -0.4 is 11.2 Å². The highest BCUT2D eigenvalue weighted by Crippen LogP contribution is 2.27. The Morgan fingerprint density at radius 2 is 2.00 bits per heavy atom. The van der Waals surface area contributed by atoms with Crippen molar-refractivity contribution in [2.24, 2.45) is 0 Å². The van der Waals surface area contributed by atoms with Gasteiger partial charge in [0.25, 0.3) is 0 Å². The number of aromatic amines is 2. The van der Waals surface area contributed by atoms with E-state index in [0.29, 0.717) is 5.82 Å². The van der Waals surface area contributed by atoms with Crippen LogP contribution in [0.1, 0.15) is 12.6 Å². The van der Waals surface area contributed by atoms with Crippen molar-refractivity contribution in [2.75, 3.05) is 5.73 Å². The first-order valence-corrected chi connectivity index (χ1v) is 5.62. The zero-order chi connectivity index (χ0) is 12.0. The highest BCUT2D eigenvalue weighted by atomic mass is 16.1. The van der Waals surface area contributed by atoms with Crippen molar-refractivity contribution in [1.29, 1.82) is 0 Å². The summed E-state index contributed by atoms with van der Waals surface area (Å²) in [4.78, 5) is 17.8. The van der Waals surface area contributed by atoms with Gasteiger partial charge >= 0.3 is 0 Å². The van der Waals surface area contributed by atoms with E-state index in [2.05, 4.69) is 16.9 Å². The number of rotatable bonds is 1. The third-order valence-electron chi connectivity index (χ3n) is 3.06. The summed E-state index contributed by atoms with van der Waals surface area (Å²) in [7, 11) is 0. The normalized spacial score (nSPS) is 11.4. The van der Waals surface area contributed by atoms with Gasteiger partial charge in [0.2, 0.25) is 0 Å². The summed E-state index contributed by atoms with van der Waals surface area (Å²) in [5, 5.41) is 2.10. The molecule has 4 nitrogen and oxygen atoms in total. The summed E-state index contributed by atoms with van der Waals surface area (Å²) < 4.78 is 0. The van der Waals surface area contributed by atoms with E-state index in [1.165, 1.54) is 0 Å². The number of nitrogen functional groups attached to an aromatic ring is 1. The Morgan fingerprint density at radius 1 is 1.18 bits per heavy atom. The lowest BCUT2D eigenvalue weighted by Crippen LogP contribution is -1.95. The highest BCUT2D eigenvalue weighted by molar-refractivity contribution is 6.08. The van der Waals surface area contributed by atoms with E-state index in [0.717, 1.165) is 33.9 Å². The van der Waals surface area contributed by atoms with Crippen molar-refractivity contribution in [3.63, 3.8) is 0 Å². The monoisotopic (exact) mass is 227 g/mol. The number of fused-ring (bicyclic) bond motifs is 3. The number of aryl methyl sites for hydroxylation is 1. The molecule has 1 aromatic carbocycles. The summed E-state index contributed by atoms with van der Waals surface area (Å²) >= 11 is 0. The Labute approximate surface area is 97.5 Å². The van der Waals surface area contributed by atoms with Crippen LogP contribution in [0.2, 0.25) is 0 Å². The molecule has 3 aromatic rings. The van der Waals surface area contributed by atoms with E-state index in [1.807, 2.05) is 12.1 Å². The van der Waals surface area contributed by atoms with Crippen LogP contribution in [0.4, 0.5) is 5.82 Å². The third-order valence-corrected chi connectivity index (χ3v) is 3.06. The largest absolute Gasteiger partial charge is 0.385 e. The van der Waals surface area contributed by atoms with E-state index in [4.69, 9.17) is 5.73 Å². The number of anilines is 1. The fourth-order valence-corrected chi connectivity index (χ4v) is 2.28. The second-order valence-electron chi connectivity index (χ2n) is 4.18. The molecule has 86 valence electrons. The molecule has 0 aliphatic carbocycles. The lowest BCUT2D eigenvalue weighted by Gasteiger charge is -2.02. The fourth-order valence-electron chi connectivity index (χ4n) is 2.28. The van der Waals surface area contributed by atoms with Gasteiger partial charge in [-0.3, -0.25) is 4.79 Å². The molecule has 0 saturated heterocycles. The zero-order valence-corrected chi connectivity index (χ0v) is 9.50. The lowest BCUT2D eigenvalue weighted by molar-refractivity contribution is 1.06. The first-order chi connectivity index (χ1) is 8.19. The van der Waals surface area contributed by atoms with Gasteiger partial charge in [0.05, 0.1) is 11.0 Å². The van der Waals surface area contributed by atoms with Gasteiger partial charge < -0.3 is 15.7 Å². The van der Waals surface area contributed by atoms with Gasteiger partial charge in [0.1, 0.15) is 5.82 Å². The minimum absolute atomic E-state index is 0.0130.